The van der Waals surface area contributed by atoms with Gasteiger partial charge < -0.3 is 5.32 Å². The zero-order valence-corrected chi connectivity index (χ0v) is 14.6. The number of halogens is 3. The SMILES string of the molecule is Br.CN=C(Nc1ccc(F)c(Cl)c1)SCc1ccccc1. The maximum Gasteiger partial charge on any atom is 0.161 e. The summed E-state index contributed by atoms with van der Waals surface area (Å²) in [5, 5.41) is 3.99. The second-order valence-electron chi connectivity index (χ2n) is 4.06. The molecule has 0 bridgehead atoms. The third-order valence-corrected chi connectivity index (χ3v) is 3.92. The molecule has 0 spiro atoms. The highest BCUT2D eigenvalue weighted by Gasteiger charge is 2.04. The number of nitrogens with zero attached hydrogens (tertiary/aromatic N) is 1. The van der Waals surface area contributed by atoms with E-state index in [1.165, 1.54) is 11.6 Å². The fourth-order valence-electron chi connectivity index (χ4n) is 1.58. The van der Waals surface area contributed by atoms with Crippen molar-refractivity contribution in [3.8, 4) is 0 Å². The van der Waals surface area contributed by atoms with E-state index in [-0.39, 0.29) is 22.0 Å². The van der Waals surface area contributed by atoms with E-state index in [4.69, 9.17) is 11.6 Å². The van der Waals surface area contributed by atoms with Crippen LogP contribution in [-0.2, 0) is 5.75 Å². The molecule has 0 fully saturated rings. The minimum atomic E-state index is -0.427. The predicted molar refractivity (Wildman–Crippen MR) is 96.5 cm³/mol. The maximum atomic E-state index is 13.1. The Morgan fingerprint density at radius 2 is 1.95 bits per heavy atom. The molecule has 0 aromatic heterocycles. The van der Waals surface area contributed by atoms with E-state index in [2.05, 4.69) is 22.4 Å². The van der Waals surface area contributed by atoms with Gasteiger partial charge in [0.1, 0.15) is 5.82 Å². The molecule has 21 heavy (non-hydrogen) atoms. The van der Waals surface area contributed by atoms with Crippen LogP contribution in [0.2, 0.25) is 5.02 Å². The number of thioether (sulfide) groups is 1. The van der Waals surface area contributed by atoms with Gasteiger partial charge in [0.15, 0.2) is 5.17 Å². The summed E-state index contributed by atoms with van der Waals surface area (Å²) in [6, 6.07) is 14.6. The summed E-state index contributed by atoms with van der Waals surface area (Å²) in [5.41, 5.74) is 1.94. The third kappa shape index (κ3) is 5.69. The zero-order chi connectivity index (χ0) is 14.4. The molecule has 6 heteroatoms. The second kappa shape index (κ2) is 9.07. The van der Waals surface area contributed by atoms with Crippen molar-refractivity contribution in [2.24, 2.45) is 4.99 Å². The summed E-state index contributed by atoms with van der Waals surface area (Å²) < 4.78 is 13.1. The number of hydrogen-bond acceptors (Lipinski definition) is 2. The van der Waals surface area contributed by atoms with Gasteiger partial charge in [-0.3, -0.25) is 4.99 Å². The molecular formula is C15H15BrClFN2S. The number of rotatable bonds is 3. The molecule has 2 nitrogen and oxygen atoms in total. The first-order valence-corrected chi connectivity index (χ1v) is 7.41. The average molecular weight is 390 g/mol. The van der Waals surface area contributed by atoms with Crippen molar-refractivity contribution in [3.63, 3.8) is 0 Å². The molecule has 2 rings (SSSR count). The normalized spacial score (nSPS) is 10.9. The molecule has 0 saturated heterocycles. The minimum absolute atomic E-state index is 0. The van der Waals surface area contributed by atoms with Crippen molar-refractivity contribution >= 4 is 51.2 Å². The largest absolute Gasteiger partial charge is 0.335 e. The van der Waals surface area contributed by atoms with Gasteiger partial charge in [0, 0.05) is 18.5 Å². The number of aliphatic imine (C=N–C) groups is 1. The van der Waals surface area contributed by atoms with Crippen molar-refractivity contribution in [2.75, 3.05) is 12.4 Å². The molecule has 0 radical (unpaired) electrons. The van der Waals surface area contributed by atoms with Gasteiger partial charge in [-0.05, 0) is 23.8 Å². The summed E-state index contributed by atoms with van der Waals surface area (Å²) in [5.74, 6) is 0.388. The van der Waals surface area contributed by atoms with E-state index < -0.39 is 5.82 Å². The lowest BCUT2D eigenvalue weighted by Crippen LogP contribution is -2.08. The van der Waals surface area contributed by atoms with Crippen molar-refractivity contribution in [2.45, 2.75) is 5.75 Å². The second-order valence-corrected chi connectivity index (χ2v) is 5.43. The Kier molecular flexibility index (Phi) is 7.78. The molecule has 0 heterocycles. The molecule has 2 aromatic carbocycles. The van der Waals surface area contributed by atoms with Crippen LogP contribution in [0.15, 0.2) is 53.5 Å². The number of amidine groups is 1. The Bertz CT molecular complexity index is 608. The lowest BCUT2D eigenvalue weighted by Gasteiger charge is -2.09. The van der Waals surface area contributed by atoms with E-state index in [0.29, 0.717) is 0 Å². The van der Waals surface area contributed by atoms with Crippen molar-refractivity contribution in [1.29, 1.82) is 0 Å². The number of benzene rings is 2. The summed E-state index contributed by atoms with van der Waals surface area (Å²) >= 11 is 7.33. The molecule has 0 aliphatic heterocycles. The highest BCUT2D eigenvalue weighted by molar-refractivity contribution is 8.93. The quantitative estimate of drug-likeness (QED) is 0.562. The van der Waals surface area contributed by atoms with Crippen molar-refractivity contribution < 1.29 is 4.39 Å². The van der Waals surface area contributed by atoms with E-state index >= 15 is 0 Å². The van der Waals surface area contributed by atoms with Crippen molar-refractivity contribution in [1.82, 2.24) is 0 Å². The summed E-state index contributed by atoms with van der Waals surface area (Å²) in [6.07, 6.45) is 0. The molecule has 0 saturated carbocycles. The first kappa shape index (κ1) is 18.0. The van der Waals surface area contributed by atoms with Gasteiger partial charge in [0.25, 0.3) is 0 Å². The Hall–Kier alpha value is -1.04. The topological polar surface area (TPSA) is 24.4 Å². The molecule has 2 aromatic rings. The van der Waals surface area contributed by atoms with Crippen LogP contribution in [0.4, 0.5) is 10.1 Å². The number of anilines is 1. The lowest BCUT2D eigenvalue weighted by molar-refractivity contribution is 0.628. The van der Waals surface area contributed by atoms with Gasteiger partial charge in [-0.1, -0.05) is 53.7 Å². The Morgan fingerprint density at radius 3 is 2.57 bits per heavy atom. The fraction of sp³-hybridized carbons (Fsp3) is 0.133. The molecule has 0 amide bonds. The van der Waals surface area contributed by atoms with Gasteiger partial charge in [0.05, 0.1) is 5.02 Å². The Morgan fingerprint density at radius 1 is 1.24 bits per heavy atom. The smallest absolute Gasteiger partial charge is 0.161 e. The van der Waals surface area contributed by atoms with Crippen LogP contribution in [0.3, 0.4) is 0 Å². The zero-order valence-electron chi connectivity index (χ0n) is 11.3. The van der Waals surface area contributed by atoms with E-state index in [9.17, 15) is 4.39 Å². The third-order valence-electron chi connectivity index (χ3n) is 2.59. The monoisotopic (exact) mass is 388 g/mol. The molecule has 112 valence electrons. The Labute approximate surface area is 143 Å². The number of hydrogen-bond donors (Lipinski definition) is 1. The van der Waals surface area contributed by atoms with Gasteiger partial charge in [-0.2, -0.15) is 0 Å². The van der Waals surface area contributed by atoms with Gasteiger partial charge >= 0.3 is 0 Å². The fourth-order valence-corrected chi connectivity index (χ4v) is 2.58. The number of nitrogens with one attached hydrogen (secondary N) is 1. The summed E-state index contributed by atoms with van der Waals surface area (Å²) in [7, 11) is 1.71. The molecule has 0 atom stereocenters. The molecule has 0 aliphatic carbocycles. The molecule has 0 unspecified atom stereocenters. The van der Waals surface area contributed by atoms with Crippen LogP contribution in [0.25, 0.3) is 0 Å². The van der Waals surface area contributed by atoms with E-state index in [1.807, 2.05) is 18.2 Å². The van der Waals surface area contributed by atoms with Crippen LogP contribution in [-0.4, -0.2) is 12.2 Å². The van der Waals surface area contributed by atoms with Crippen LogP contribution >= 0.6 is 40.3 Å². The highest BCUT2D eigenvalue weighted by atomic mass is 79.9. The lowest BCUT2D eigenvalue weighted by atomic mass is 10.2. The van der Waals surface area contributed by atoms with Gasteiger partial charge in [-0.15, -0.1) is 17.0 Å². The van der Waals surface area contributed by atoms with Crippen LogP contribution in [0.1, 0.15) is 5.56 Å². The first-order chi connectivity index (χ1) is 9.69. The van der Waals surface area contributed by atoms with E-state index in [0.717, 1.165) is 16.6 Å². The van der Waals surface area contributed by atoms with Gasteiger partial charge in [0.2, 0.25) is 0 Å². The summed E-state index contributed by atoms with van der Waals surface area (Å²) in [4.78, 5) is 4.18. The minimum Gasteiger partial charge on any atom is -0.335 e. The van der Waals surface area contributed by atoms with Crippen LogP contribution in [0.5, 0.6) is 0 Å². The predicted octanol–water partition coefficient (Wildman–Crippen LogP) is 5.39. The van der Waals surface area contributed by atoms with Crippen molar-refractivity contribution in [3.05, 3.63) is 64.9 Å². The van der Waals surface area contributed by atoms with E-state index in [1.54, 1.807) is 30.9 Å². The highest BCUT2D eigenvalue weighted by Crippen LogP contribution is 2.21. The van der Waals surface area contributed by atoms with Gasteiger partial charge in [-0.25, -0.2) is 4.39 Å². The van der Waals surface area contributed by atoms with Crippen LogP contribution in [0, 0.1) is 5.82 Å². The molecular weight excluding hydrogens is 375 g/mol. The first-order valence-electron chi connectivity index (χ1n) is 6.04. The standard InChI is InChI=1S/C15H14ClFN2S.BrH/c1-18-15(20-10-11-5-3-2-4-6-11)19-12-7-8-14(17)13(16)9-12;/h2-9H,10H2,1H3,(H,18,19);1H. The Balaban J connectivity index is 0.00000220. The van der Waals surface area contributed by atoms with Crippen LogP contribution < -0.4 is 5.32 Å². The maximum absolute atomic E-state index is 13.1. The summed E-state index contributed by atoms with van der Waals surface area (Å²) in [6.45, 7) is 0. The molecule has 1 N–H and O–H groups in total. The molecule has 0 aliphatic rings. The average Bonchev–Trinajstić information content (AvgIpc) is 2.48.